The minimum absolute atomic E-state index is 0.142. The molecule has 0 heterocycles. The number of ether oxygens (including phenoxy) is 1. The summed E-state index contributed by atoms with van der Waals surface area (Å²) in [7, 11) is 0. The molecule has 0 radical (unpaired) electrons. The summed E-state index contributed by atoms with van der Waals surface area (Å²) >= 11 is 0. The molecule has 0 aliphatic rings. The third-order valence-electron chi connectivity index (χ3n) is 3.18. The molecule has 2 rings (SSSR count). The Morgan fingerprint density at radius 2 is 1.87 bits per heavy atom. The van der Waals surface area contributed by atoms with Crippen molar-refractivity contribution in [2.24, 2.45) is 0 Å². The van der Waals surface area contributed by atoms with Crippen molar-refractivity contribution >= 4 is 5.91 Å². The van der Waals surface area contributed by atoms with Crippen molar-refractivity contribution in [2.45, 2.75) is 6.54 Å². The molecule has 1 amide bonds. The van der Waals surface area contributed by atoms with Gasteiger partial charge in [-0.3, -0.25) is 4.79 Å². The smallest absolute Gasteiger partial charge is 0.260 e. The quantitative estimate of drug-likeness (QED) is 0.852. The molecule has 6 heteroatoms. The van der Waals surface area contributed by atoms with Crippen molar-refractivity contribution in [1.29, 1.82) is 0 Å². The standard InChI is InChI=1S/C17H17F2NO3/c18-14-6-7-16(15(19)10-14)23-12-17(22)20(8-9-21)11-13-4-2-1-3-5-13/h1-7,10,21H,8-9,11-12H2. The van der Waals surface area contributed by atoms with E-state index in [0.717, 1.165) is 17.7 Å². The van der Waals surface area contributed by atoms with Gasteiger partial charge in [0.05, 0.1) is 6.61 Å². The summed E-state index contributed by atoms with van der Waals surface area (Å²) in [4.78, 5) is 13.6. The second-order valence-electron chi connectivity index (χ2n) is 4.89. The van der Waals surface area contributed by atoms with Gasteiger partial charge in [0.25, 0.3) is 5.91 Å². The maximum Gasteiger partial charge on any atom is 0.260 e. The van der Waals surface area contributed by atoms with E-state index in [1.807, 2.05) is 30.3 Å². The molecule has 0 atom stereocenters. The Hall–Kier alpha value is -2.47. The van der Waals surface area contributed by atoms with E-state index in [1.54, 1.807) is 0 Å². The van der Waals surface area contributed by atoms with Gasteiger partial charge in [-0.1, -0.05) is 30.3 Å². The van der Waals surface area contributed by atoms with Gasteiger partial charge in [0.15, 0.2) is 18.2 Å². The molecule has 0 aliphatic carbocycles. The van der Waals surface area contributed by atoms with Gasteiger partial charge in [-0.15, -0.1) is 0 Å². The molecular weight excluding hydrogens is 304 g/mol. The number of hydrogen-bond acceptors (Lipinski definition) is 3. The summed E-state index contributed by atoms with van der Waals surface area (Å²) in [6.45, 7) is -0.128. The highest BCUT2D eigenvalue weighted by molar-refractivity contribution is 5.77. The van der Waals surface area contributed by atoms with Crippen molar-refractivity contribution in [1.82, 2.24) is 4.90 Å². The number of amides is 1. The van der Waals surface area contributed by atoms with Crippen LogP contribution in [0, 0.1) is 11.6 Å². The van der Waals surface area contributed by atoms with Crippen molar-refractivity contribution < 1.29 is 23.4 Å². The molecule has 0 spiro atoms. The van der Waals surface area contributed by atoms with Crippen molar-refractivity contribution in [2.75, 3.05) is 19.8 Å². The first-order valence-corrected chi connectivity index (χ1v) is 7.10. The maximum atomic E-state index is 13.5. The Morgan fingerprint density at radius 1 is 1.13 bits per heavy atom. The normalized spacial score (nSPS) is 10.4. The van der Waals surface area contributed by atoms with E-state index in [2.05, 4.69) is 0 Å². The molecule has 2 aromatic carbocycles. The summed E-state index contributed by atoms with van der Waals surface area (Å²) < 4.78 is 31.4. The second-order valence-corrected chi connectivity index (χ2v) is 4.89. The van der Waals surface area contributed by atoms with Crippen LogP contribution in [0.15, 0.2) is 48.5 Å². The van der Waals surface area contributed by atoms with Gasteiger partial charge in [-0.2, -0.15) is 0 Å². The number of carbonyl (C=O) groups excluding carboxylic acids is 1. The molecule has 0 fully saturated rings. The van der Waals surface area contributed by atoms with E-state index in [-0.39, 0.29) is 18.9 Å². The highest BCUT2D eigenvalue weighted by Gasteiger charge is 2.15. The van der Waals surface area contributed by atoms with Crippen LogP contribution < -0.4 is 4.74 Å². The van der Waals surface area contributed by atoms with E-state index in [9.17, 15) is 13.6 Å². The minimum atomic E-state index is -0.866. The Labute approximate surface area is 132 Å². The number of benzene rings is 2. The molecule has 1 N–H and O–H groups in total. The van der Waals surface area contributed by atoms with Crippen LogP contribution in [-0.4, -0.2) is 35.7 Å². The first kappa shape index (κ1) is 16.9. The lowest BCUT2D eigenvalue weighted by Gasteiger charge is -2.22. The summed E-state index contributed by atoms with van der Waals surface area (Å²) in [5.74, 6) is -2.17. The van der Waals surface area contributed by atoms with Crippen LogP contribution in [0.4, 0.5) is 8.78 Å². The Morgan fingerprint density at radius 3 is 2.52 bits per heavy atom. The number of aliphatic hydroxyl groups is 1. The lowest BCUT2D eigenvalue weighted by atomic mass is 10.2. The Kier molecular flexibility index (Phi) is 6.05. The van der Waals surface area contributed by atoms with E-state index in [0.29, 0.717) is 12.6 Å². The molecule has 0 aliphatic heterocycles. The van der Waals surface area contributed by atoms with Crippen LogP contribution in [0.3, 0.4) is 0 Å². The van der Waals surface area contributed by atoms with Crippen LogP contribution in [-0.2, 0) is 11.3 Å². The molecule has 0 saturated heterocycles. The van der Waals surface area contributed by atoms with Crippen LogP contribution in [0.2, 0.25) is 0 Å². The summed E-state index contributed by atoms with van der Waals surface area (Å²) in [5, 5.41) is 9.09. The minimum Gasteiger partial charge on any atom is -0.481 e. The third-order valence-corrected chi connectivity index (χ3v) is 3.18. The zero-order valence-electron chi connectivity index (χ0n) is 12.4. The van der Waals surface area contributed by atoms with E-state index in [1.165, 1.54) is 4.90 Å². The summed E-state index contributed by atoms with van der Waals surface area (Å²) in [6.07, 6.45) is 0. The number of aliphatic hydroxyl groups excluding tert-OH is 1. The highest BCUT2D eigenvalue weighted by atomic mass is 19.1. The molecule has 0 aromatic heterocycles. The second kappa shape index (κ2) is 8.24. The molecule has 4 nitrogen and oxygen atoms in total. The van der Waals surface area contributed by atoms with Crippen molar-refractivity contribution in [3.8, 4) is 5.75 Å². The molecule has 122 valence electrons. The lowest BCUT2D eigenvalue weighted by Crippen LogP contribution is -2.36. The first-order valence-electron chi connectivity index (χ1n) is 7.10. The average molecular weight is 321 g/mol. The molecular formula is C17H17F2NO3. The molecule has 2 aromatic rings. The van der Waals surface area contributed by atoms with Gasteiger partial charge in [0.1, 0.15) is 5.82 Å². The number of halogens is 2. The molecule has 0 unspecified atom stereocenters. The number of nitrogens with zero attached hydrogens (tertiary/aromatic N) is 1. The van der Waals surface area contributed by atoms with E-state index < -0.39 is 24.1 Å². The number of hydrogen-bond donors (Lipinski definition) is 1. The molecule has 0 bridgehead atoms. The highest BCUT2D eigenvalue weighted by Crippen LogP contribution is 2.17. The van der Waals surface area contributed by atoms with Gasteiger partial charge in [-0.05, 0) is 17.7 Å². The predicted octanol–water partition coefficient (Wildman–Crippen LogP) is 2.36. The monoisotopic (exact) mass is 321 g/mol. The van der Waals surface area contributed by atoms with Gasteiger partial charge in [-0.25, -0.2) is 8.78 Å². The van der Waals surface area contributed by atoms with E-state index in [4.69, 9.17) is 9.84 Å². The predicted molar refractivity (Wildman–Crippen MR) is 80.8 cm³/mol. The van der Waals surface area contributed by atoms with Crippen molar-refractivity contribution in [3.05, 3.63) is 65.7 Å². The largest absolute Gasteiger partial charge is 0.481 e. The average Bonchev–Trinajstić information content (AvgIpc) is 2.54. The number of rotatable bonds is 7. The Balaban J connectivity index is 1.97. The summed E-state index contributed by atoms with van der Waals surface area (Å²) in [5.41, 5.74) is 0.905. The third kappa shape index (κ3) is 5.03. The van der Waals surface area contributed by atoms with Crippen LogP contribution >= 0.6 is 0 Å². The van der Waals surface area contributed by atoms with Gasteiger partial charge >= 0.3 is 0 Å². The number of carbonyl (C=O) groups is 1. The SMILES string of the molecule is O=C(COc1ccc(F)cc1F)N(CCO)Cc1ccccc1. The van der Waals surface area contributed by atoms with Gasteiger partial charge in [0, 0.05) is 19.2 Å². The fourth-order valence-corrected chi connectivity index (χ4v) is 2.04. The van der Waals surface area contributed by atoms with Crippen molar-refractivity contribution in [3.63, 3.8) is 0 Å². The van der Waals surface area contributed by atoms with E-state index >= 15 is 0 Å². The zero-order valence-corrected chi connectivity index (χ0v) is 12.4. The topological polar surface area (TPSA) is 49.8 Å². The lowest BCUT2D eigenvalue weighted by molar-refractivity contribution is -0.134. The fraction of sp³-hybridized carbons (Fsp3) is 0.235. The van der Waals surface area contributed by atoms with Gasteiger partial charge in [0.2, 0.25) is 0 Å². The maximum absolute atomic E-state index is 13.5. The van der Waals surface area contributed by atoms with Crippen LogP contribution in [0.5, 0.6) is 5.75 Å². The van der Waals surface area contributed by atoms with Crippen LogP contribution in [0.25, 0.3) is 0 Å². The Bertz CT molecular complexity index is 650. The molecule has 0 saturated carbocycles. The fourth-order valence-electron chi connectivity index (χ4n) is 2.04. The van der Waals surface area contributed by atoms with Crippen LogP contribution in [0.1, 0.15) is 5.56 Å². The van der Waals surface area contributed by atoms with Gasteiger partial charge < -0.3 is 14.7 Å². The summed E-state index contributed by atoms with van der Waals surface area (Å²) in [6, 6.07) is 12.2. The first-order chi connectivity index (χ1) is 11.1. The zero-order chi connectivity index (χ0) is 16.7. The molecule has 23 heavy (non-hydrogen) atoms.